The van der Waals surface area contributed by atoms with Crippen molar-refractivity contribution in [1.29, 1.82) is 0 Å². The van der Waals surface area contributed by atoms with Gasteiger partial charge in [-0.1, -0.05) is 12.5 Å². The highest BCUT2D eigenvalue weighted by molar-refractivity contribution is 7.09. The maximum absolute atomic E-state index is 11.5. The molecular formula is C14H24N2OS. The van der Waals surface area contributed by atoms with Gasteiger partial charge in [-0.25, -0.2) is 0 Å². The van der Waals surface area contributed by atoms with Crippen molar-refractivity contribution in [2.45, 2.75) is 51.5 Å². The maximum atomic E-state index is 11.5. The van der Waals surface area contributed by atoms with E-state index in [4.69, 9.17) is 5.73 Å². The average Bonchev–Trinajstić information content (AvgIpc) is 2.78. The van der Waals surface area contributed by atoms with Crippen LogP contribution in [0.25, 0.3) is 0 Å². The Morgan fingerprint density at radius 2 is 2.17 bits per heavy atom. The van der Waals surface area contributed by atoms with Crippen LogP contribution in [0, 0.1) is 0 Å². The van der Waals surface area contributed by atoms with Crippen LogP contribution in [0.5, 0.6) is 0 Å². The summed E-state index contributed by atoms with van der Waals surface area (Å²) >= 11 is 1.80. The molecule has 18 heavy (non-hydrogen) atoms. The third-order valence-electron chi connectivity index (χ3n) is 2.65. The number of aryl methyl sites for hydroxylation is 1. The zero-order chi connectivity index (χ0) is 13.4. The molecule has 0 unspecified atom stereocenters. The van der Waals surface area contributed by atoms with E-state index in [1.807, 2.05) is 13.8 Å². The predicted octanol–water partition coefficient (Wildman–Crippen LogP) is 2.70. The smallest absolute Gasteiger partial charge is 0.220 e. The van der Waals surface area contributed by atoms with Gasteiger partial charge in [0.2, 0.25) is 5.91 Å². The molecule has 0 spiro atoms. The number of nitrogens with one attached hydrogen (secondary N) is 1. The molecule has 0 bridgehead atoms. The van der Waals surface area contributed by atoms with Crippen LogP contribution in [0.1, 0.15) is 44.4 Å². The molecule has 0 atom stereocenters. The molecule has 4 heteroatoms. The third-order valence-corrected chi connectivity index (χ3v) is 3.58. The molecule has 0 radical (unpaired) electrons. The topological polar surface area (TPSA) is 55.1 Å². The summed E-state index contributed by atoms with van der Waals surface area (Å²) in [6.07, 6.45) is 4.98. The molecule has 1 heterocycles. The largest absolute Gasteiger partial charge is 0.354 e. The first-order valence-corrected chi connectivity index (χ1v) is 7.43. The number of amides is 1. The summed E-state index contributed by atoms with van der Waals surface area (Å²) < 4.78 is 0. The highest BCUT2D eigenvalue weighted by Crippen LogP contribution is 2.13. The number of carbonyl (C=O) groups excluding carboxylic acids is 1. The molecule has 1 aromatic rings. The van der Waals surface area contributed by atoms with Crippen molar-refractivity contribution in [1.82, 2.24) is 5.32 Å². The molecule has 0 aliphatic carbocycles. The molecule has 0 aliphatic rings. The molecule has 0 fully saturated rings. The van der Waals surface area contributed by atoms with E-state index < -0.39 is 0 Å². The Bertz CT molecular complexity index is 341. The van der Waals surface area contributed by atoms with Crippen LogP contribution in [0.15, 0.2) is 17.5 Å². The van der Waals surface area contributed by atoms with E-state index in [2.05, 4.69) is 22.8 Å². The number of nitrogens with two attached hydrogens (primary N) is 1. The fourth-order valence-corrected chi connectivity index (χ4v) is 2.38. The van der Waals surface area contributed by atoms with Gasteiger partial charge in [0, 0.05) is 23.4 Å². The van der Waals surface area contributed by atoms with Crippen LogP contribution in [0.4, 0.5) is 0 Å². The Balaban J connectivity index is 1.99. The number of unbranched alkanes of at least 4 members (excludes halogenated alkanes) is 2. The lowest BCUT2D eigenvalue weighted by Gasteiger charge is -2.18. The van der Waals surface area contributed by atoms with Gasteiger partial charge in [0.15, 0.2) is 0 Å². The Labute approximate surface area is 114 Å². The number of rotatable bonds is 8. The van der Waals surface area contributed by atoms with Gasteiger partial charge in [-0.3, -0.25) is 4.79 Å². The van der Waals surface area contributed by atoms with Crippen molar-refractivity contribution in [3.8, 4) is 0 Å². The molecule has 0 saturated heterocycles. The molecule has 1 rings (SSSR count). The van der Waals surface area contributed by atoms with Gasteiger partial charge >= 0.3 is 0 Å². The second-order valence-corrected chi connectivity index (χ2v) is 6.44. The summed E-state index contributed by atoms with van der Waals surface area (Å²) in [5, 5.41) is 4.97. The lowest BCUT2D eigenvalue weighted by atomic mass is 10.1. The van der Waals surface area contributed by atoms with E-state index in [1.165, 1.54) is 4.88 Å². The monoisotopic (exact) mass is 268 g/mol. The molecule has 1 aromatic heterocycles. The lowest BCUT2D eigenvalue weighted by molar-refractivity contribution is -0.121. The zero-order valence-corrected chi connectivity index (χ0v) is 12.2. The summed E-state index contributed by atoms with van der Waals surface area (Å²) in [5.74, 6) is 0.115. The van der Waals surface area contributed by atoms with E-state index in [0.717, 1.165) is 25.7 Å². The normalized spacial score (nSPS) is 11.5. The van der Waals surface area contributed by atoms with Crippen molar-refractivity contribution in [2.24, 2.45) is 5.73 Å². The molecular weight excluding hydrogens is 244 g/mol. The van der Waals surface area contributed by atoms with E-state index in [0.29, 0.717) is 13.0 Å². The van der Waals surface area contributed by atoms with Gasteiger partial charge in [0.05, 0.1) is 0 Å². The fourth-order valence-electron chi connectivity index (χ4n) is 1.63. The lowest BCUT2D eigenvalue weighted by Crippen LogP contribution is -2.45. The fraction of sp³-hybridized carbons (Fsp3) is 0.643. The summed E-state index contributed by atoms with van der Waals surface area (Å²) in [6, 6.07) is 4.25. The second kappa shape index (κ2) is 7.54. The summed E-state index contributed by atoms with van der Waals surface area (Å²) in [4.78, 5) is 13.0. The van der Waals surface area contributed by atoms with Gasteiger partial charge in [-0.05, 0) is 44.6 Å². The first-order chi connectivity index (χ1) is 8.47. The quantitative estimate of drug-likeness (QED) is 0.712. The van der Waals surface area contributed by atoms with E-state index in [-0.39, 0.29) is 11.4 Å². The second-order valence-electron chi connectivity index (χ2n) is 5.41. The maximum Gasteiger partial charge on any atom is 0.220 e. The van der Waals surface area contributed by atoms with Crippen LogP contribution in [-0.4, -0.2) is 18.0 Å². The number of thiophene rings is 1. The van der Waals surface area contributed by atoms with Crippen LogP contribution in [0.3, 0.4) is 0 Å². The first-order valence-electron chi connectivity index (χ1n) is 6.55. The average molecular weight is 268 g/mol. The summed E-state index contributed by atoms with van der Waals surface area (Å²) in [6.45, 7) is 4.36. The Kier molecular flexibility index (Phi) is 6.36. The first kappa shape index (κ1) is 15.2. The van der Waals surface area contributed by atoms with Gasteiger partial charge in [-0.2, -0.15) is 0 Å². The van der Waals surface area contributed by atoms with Gasteiger partial charge < -0.3 is 11.1 Å². The van der Waals surface area contributed by atoms with Crippen LogP contribution < -0.4 is 11.1 Å². The highest BCUT2D eigenvalue weighted by atomic mass is 32.1. The van der Waals surface area contributed by atoms with Gasteiger partial charge in [0.1, 0.15) is 0 Å². The van der Waals surface area contributed by atoms with Crippen molar-refractivity contribution in [2.75, 3.05) is 6.54 Å². The molecule has 0 aromatic carbocycles. The van der Waals surface area contributed by atoms with Gasteiger partial charge in [-0.15, -0.1) is 11.3 Å². The Hall–Kier alpha value is -0.870. The minimum absolute atomic E-state index is 0.115. The number of hydrogen-bond donors (Lipinski definition) is 2. The third kappa shape index (κ3) is 7.45. The number of hydrogen-bond acceptors (Lipinski definition) is 3. The van der Waals surface area contributed by atoms with Crippen LogP contribution in [-0.2, 0) is 11.2 Å². The van der Waals surface area contributed by atoms with Crippen molar-refractivity contribution in [3.05, 3.63) is 22.4 Å². The van der Waals surface area contributed by atoms with E-state index in [1.54, 1.807) is 11.3 Å². The van der Waals surface area contributed by atoms with E-state index >= 15 is 0 Å². The van der Waals surface area contributed by atoms with Crippen molar-refractivity contribution in [3.63, 3.8) is 0 Å². The zero-order valence-electron chi connectivity index (χ0n) is 11.4. The molecule has 0 saturated carbocycles. The molecule has 0 aliphatic heterocycles. The minimum Gasteiger partial charge on any atom is -0.354 e. The van der Waals surface area contributed by atoms with E-state index in [9.17, 15) is 4.79 Å². The standard InChI is InChI=1S/C14H24N2OS/c1-14(2,15)11-16-13(17)9-5-3-4-7-12-8-6-10-18-12/h6,8,10H,3-5,7,9,11,15H2,1-2H3,(H,16,17). The molecule has 3 nitrogen and oxygen atoms in total. The summed E-state index contributed by atoms with van der Waals surface area (Å²) in [7, 11) is 0. The molecule has 3 N–H and O–H groups in total. The van der Waals surface area contributed by atoms with Crippen molar-refractivity contribution < 1.29 is 4.79 Å². The SMILES string of the molecule is CC(C)(N)CNC(=O)CCCCCc1cccs1. The van der Waals surface area contributed by atoms with Gasteiger partial charge in [0.25, 0.3) is 0 Å². The van der Waals surface area contributed by atoms with Crippen LogP contribution >= 0.6 is 11.3 Å². The predicted molar refractivity (Wildman–Crippen MR) is 77.8 cm³/mol. The molecule has 102 valence electrons. The van der Waals surface area contributed by atoms with Crippen LogP contribution in [0.2, 0.25) is 0 Å². The summed E-state index contributed by atoms with van der Waals surface area (Å²) in [5.41, 5.74) is 5.48. The number of carbonyl (C=O) groups is 1. The Morgan fingerprint density at radius 1 is 1.39 bits per heavy atom. The minimum atomic E-state index is -0.325. The van der Waals surface area contributed by atoms with Crippen molar-refractivity contribution >= 4 is 17.2 Å². The Morgan fingerprint density at radius 3 is 2.78 bits per heavy atom. The molecule has 1 amide bonds. The highest BCUT2D eigenvalue weighted by Gasteiger charge is 2.11.